The van der Waals surface area contributed by atoms with Crippen molar-refractivity contribution in [3.05, 3.63) is 77.1 Å². The Kier molecular flexibility index (Phi) is 13.2. The molecule has 4 aromatic rings. The predicted octanol–water partition coefficient (Wildman–Crippen LogP) is 7.06. The lowest BCUT2D eigenvalue weighted by Crippen LogP contribution is -2.54. The minimum Gasteiger partial charge on any atom is -0.489 e. The second-order valence-corrected chi connectivity index (χ2v) is 19.2. The van der Waals surface area contributed by atoms with Crippen LogP contribution in [0.1, 0.15) is 106 Å². The number of aliphatic hydroxyl groups excluding tert-OH is 1. The second kappa shape index (κ2) is 19.4. The van der Waals surface area contributed by atoms with Gasteiger partial charge in [-0.25, -0.2) is 15.0 Å². The largest absolute Gasteiger partial charge is 0.489 e. The Morgan fingerprint density at radius 3 is 2.29 bits per heavy atom. The van der Waals surface area contributed by atoms with E-state index in [0.29, 0.717) is 45.0 Å². The van der Waals surface area contributed by atoms with E-state index in [1.807, 2.05) is 17.3 Å². The third kappa shape index (κ3) is 8.62. The molecule has 8 unspecified atom stereocenters. The van der Waals surface area contributed by atoms with Crippen LogP contribution in [0.25, 0.3) is 34.2 Å². The lowest BCUT2D eigenvalue weighted by atomic mass is 9.84. The number of H-pyrrole nitrogens is 2. The summed E-state index contributed by atoms with van der Waals surface area (Å²) >= 11 is 0. The number of amides is 1. The van der Waals surface area contributed by atoms with Gasteiger partial charge in [-0.3, -0.25) is 15.0 Å². The van der Waals surface area contributed by atoms with Crippen molar-refractivity contribution < 1.29 is 33.6 Å². The van der Waals surface area contributed by atoms with E-state index in [2.05, 4.69) is 83.4 Å². The van der Waals surface area contributed by atoms with Crippen LogP contribution >= 0.6 is 0 Å². The highest BCUT2D eigenvalue weighted by atomic mass is 16.5. The minimum absolute atomic E-state index is 0.0187. The van der Waals surface area contributed by atoms with E-state index >= 15 is 0 Å². The molecule has 2 aromatic heterocycles. The van der Waals surface area contributed by atoms with Gasteiger partial charge in [0.1, 0.15) is 41.8 Å². The van der Waals surface area contributed by atoms with Crippen molar-refractivity contribution in [1.29, 1.82) is 0 Å². The standard InChI is InChI=1S/C51H66N8O7/c1-29-8-9-34(39-26-52-47(55-39)41-7-6-18-58(41)50(60)45(54-28-62-4)32-14-19-64-20-15-32)23-36(29)24-38-30(2)31(3)66-44-25-35(10-11-37(38)44)40-27-53-48(56-40)42-12-13-43-49(63-5)57-46(51(61)59(42)43)33-16-21-65-22-17-33/h8-11,23-27,30-33,41-43,45-46,50,54,60H,6-7,12-22,28H2,1-5H3,(H,52,55)(H,53,56). The third-order valence-corrected chi connectivity index (χ3v) is 15.4. The Balaban J connectivity index is 0.876. The molecule has 10 rings (SSSR count). The number of likely N-dealkylation sites (tertiary alicyclic amines) is 1. The molecule has 6 aliphatic rings. The number of aryl methyl sites for hydroxylation is 1. The number of aliphatic hydroxyl groups is 1. The number of rotatable bonds is 12. The number of aromatic nitrogens is 4. The van der Waals surface area contributed by atoms with Gasteiger partial charge in [-0.05, 0) is 106 Å². The summed E-state index contributed by atoms with van der Waals surface area (Å²) in [4.78, 5) is 40.2. The molecule has 15 nitrogen and oxygen atoms in total. The molecule has 66 heavy (non-hydrogen) atoms. The smallest absolute Gasteiger partial charge is 0.249 e. The number of benzene rings is 2. The molecule has 0 radical (unpaired) electrons. The van der Waals surface area contributed by atoms with Crippen LogP contribution < -0.4 is 10.1 Å². The Hall–Kier alpha value is -4.90. The predicted molar refractivity (Wildman–Crippen MR) is 251 cm³/mol. The maximum absolute atomic E-state index is 14.1. The van der Waals surface area contributed by atoms with E-state index in [9.17, 15) is 9.90 Å². The van der Waals surface area contributed by atoms with Crippen molar-refractivity contribution in [2.24, 2.45) is 22.7 Å². The van der Waals surface area contributed by atoms with Crippen LogP contribution in [0.2, 0.25) is 0 Å². The maximum atomic E-state index is 14.1. The SMILES string of the molecule is COCNC(C1CCOCC1)C(O)N1CCCC1c1ncc(-c2ccc(C)c(C=C3c4ccc(-c5cnc(C6CCC7C(OC)=NC(C8CCOCC8)C(=O)N76)[nH]5)cc4OC(C)C3C)c2)[nH]1. The molecular formula is C51H66N8O7. The fourth-order valence-corrected chi connectivity index (χ4v) is 11.4. The summed E-state index contributed by atoms with van der Waals surface area (Å²) in [5.74, 6) is 3.78. The normalized spacial score (nSPS) is 28.0. The Labute approximate surface area is 387 Å². The maximum Gasteiger partial charge on any atom is 0.249 e. The fourth-order valence-electron chi connectivity index (χ4n) is 11.4. The van der Waals surface area contributed by atoms with Crippen LogP contribution in [-0.4, -0.2) is 131 Å². The lowest BCUT2D eigenvalue weighted by Gasteiger charge is -2.39. The monoisotopic (exact) mass is 903 g/mol. The number of ether oxygens (including phenoxy) is 5. The summed E-state index contributed by atoms with van der Waals surface area (Å²) in [6.45, 7) is 10.4. The Bertz CT molecular complexity index is 2420. The van der Waals surface area contributed by atoms with Crippen LogP contribution in [0.4, 0.5) is 0 Å². The Morgan fingerprint density at radius 2 is 1.56 bits per heavy atom. The molecule has 15 heteroatoms. The number of imidazole rings is 2. The topological polar surface area (TPSA) is 172 Å². The molecule has 0 saturated carbocycles. The molecule has 1 amide bonds. The first-order chi connectivity index (χ1) is 32.2. The van der Waals surface area contributed by atoms with Gasteiger partial charge in [0.05, 0.1) is 55.7 Å². The quantitative estimate of drug-likeness (QED) is 0.107. The fraction of sp³-hybridized carbons (Fsp3) is 0.569. The van der Waals surface area contributed by atoms with Crippen molar-refractivity contribution in [2.45, 2.75) is 115 Å². The van der Waals surface area contributed by atoms with Crippen molar-refractivity contribution >= 4 is 23.5 Å². The van der Waals surface area contributed by atoms with E-state index in [4.69, 9.17) is 38.6 Å². The average Bonchev–Trinajstić information content (AvgIpc) is 4.19. The molecule has 2 aromatic carbocycles. The van der Waals surface area contributed by atoms with Crippen LogP contribution in [0.3, 0.4) is 0 Å². The first-order valence-electron chi connectivity index (χ1n) is 24.2. The molecule has 6 aliphatic heterocycles. The van der Waals surface area contributed by atoms with Crippen molar-refractivity contribution in [1.82, 2.24) is 35.1 Å². The molecule has 0 bridgehead atoms. The van der Waals surface area contributed by atoms with Gasteiger partial charge in [0.25, 0.3) is 0 Å². The minimum atomic E-state index is -0.676. The molecule has 8 heterocycles. The van der Waals surface area contributed by atoms with E-state index in [-0.39, 0.29) is 48.0 Å². The van der Waals surface area contributed by atoms with Gasteiger partial charge in [-0.15, -0.1) is 0 Å². The van der Waals surface area contributed by atoms with Crippen molar-refractivity contribution in [3.63, 3.8) is 0 Å². The molecule has 0 aliphatic carbocycles. The highest BCUT2D eigenvalue weighted by molar-refractivity contribution is 5.96. The molecule has 0 spiro atoms. The van der Waals surface area contributed by atoms with Gasteiger partial charge in [0.2, 0.25) is 11.8 Å². The van der Waals surface area contributed by atoms with Crippen LogP contribution in [0.5, 0.6) is 5.75 Å². The first kappa shape index (κ1) is 44.9. The number of aliphatic imine (C=N–C) groups is 1. The van der Waals surface area contributed by atoms with Crippen LogP contribution in [0, 0.1) is 24.7 Å². The summed E-state index contributed by atoms with van der Waals surface area (Å²) in [7, 11) is 3.34. The number of carbonyl (C=O) groups excluding carboxylic acids is 1. The number of nitrogens with zero attached hydrogens (tertiary/aromatic N) is 5. The van der Waals surface area contributed by atoms with Crippen molar-refractivity contribution in [3.8, 4) is 28.3 Å². The molecular weight excluding hydrogens is 837 g/mol. The molecule has 4 N–H and O–H groups in total. The average molecular weight is 903 g/mol. The van der Waals surface area contributed by atoms with Gasteiger partial charge >= 0.3 is 0 Å². The highest BCUT2D eigenvalue weighted by Gasteiger charge is 2.49. The van der Waals surface area contributed by atoms with E-state index in [0.717, 1.165) is 109 Å². The number of hydrogen-bond donors (Lipinski definition) is 4. The summed E-state index contributed by atoms with van der Waals surface area (Å²) in [6.07, 6.45) is 12.3. The summed E-state index contributed by atoms with van der Waals surface area (Å²) in [5.41, 5.74) is 8.46. The summed E-state index contributed by atoms with van der Waals surface area (Å²) in [6, 6.07) is 12.0. The van der Waals surface area contributed by atoms with E-state index in [1.54, 1.807) is 14.2 Å². The van der Waals surface area contributed by atoms with Crippen molar-refractivity contribution in [2.75, 3.05) is 53.9 Å². The summed E-state index contributed by atoms with van der Waals surface area (Å²) in [5, 5.41) is 15.4. The molecule has 4 saturated heterocycles. The number of carbonyl (C=O) groups is 1. The third-order valence-electron chi connectivity index (χ3n) is 15.4. The van der Waals surface area contributed by atoms with Crippen LogP contribution in [0.15, 0.2) is 53.8 Å². The number of methoxy groups -OCH3 is 2. The van der Waals surface area contributed by atoms with Gasteiger partial charge < -0.3 is 43.7 Å². The van der Waals surface area contributed by atoms with E-state index in [1.165, 1.54) is 11.1 Å². The zero-order valence-corrected chi connectivity index (χ0v) is 39.0. The zero-order chi connectivity index (χ0) is 45.5. The number of hydrogen-bond acceptors (Lipinski definition) is 12. The number of aromatic amines is 2. The first-order valence-corrected chi connectivity index (χ1v) is 24.2. The second-order valence-electron chi connectivity index (χ2n) is 19.2. The zero-order valence-electron chi connectivity index (χ0n) is 39.0. The lowest BCUT2D eigenvalue weighted by molar-refractivity contribution is -0.138. The van der Waals surface area contributed by atoms with Gasteiger partial charge in [-0.1, -0.05) is 37.3 Å². The van der Waals surface area contributed by atoms with Gasteiger partial charge in [0.15, 0.2) is 0 Å². The van der Waals surface area contributed by atoms with Crippen LogP contribution in [-0.2, 0) is 23.7 Å². The molecule has 4 fully saturated rings. The Morgan fingerprint density at radius 1 is 0.879 bits per heavy atom. The molecule has 352 valence electrons. The highest BCUT2D eigenvalue weighted by Crippen LogP contribution is 2.45. The van der Waals surface area contributed by atoms with Gasteiger partial charge in [0, 0.05) is 62.7 Å². The summed E-state index contributed by atoms with van der Waals surface area (Å²) < 4.78 is 29.0. The van der Waals surface area contributed by atoms with E-state index < -0.39 is 12.3 Å². The number of fused-ring (bicyclic) bond motifs is 2. The molecule has 8 atom stereocenters. The van der Waals surface area contributed by atoms with Gasteiger partial charge in [-0.2, -0.15) is 0 Å². The number of nitrogens with one attached hydrogen (secondary N) is 3.